The molecule has 0 N–H and O–H groups in total. The average Bonchev–Trinajstić information content (AvgIpc) is 2.59. The molecule has 6 heteroatoms. The molecule has 0 saturated heterocycles. The van der Waals surface area contributed by atoms with Crippen molar-refractivity contribution in [2.45, 2.75) is 26.7 Å². The van der Waals surface area contributed by atoms with Crippen LogP contribution in [0.4, 0.5) is 0 Å². The fourth-order valence-electron chi connectivity index (χ4n) is 1.94. The minimum Gasteiger partial charge on any atom is -0.497 e. The number of ether oxygens (including phenoxy) is 3. The highest BCUT2D eigenvalue weighted by Gasteiger charge is 2.14. The second-order valence-corrected chi connectivity index (χ2v) is 5.35. The Hall–Kier alpha value is -2.01. The van der Waals surface area contributed by atoms with E-state index in [9.17, 15) is 0 Å². The van der Waals surface area contributed by atoms with E-state index in [1.807, 2.05) is 19.9 Å². The zero-order valence-electron chi connectivity index (χ0n) is 13.6. The van der Waals surface area contributed by atoms with Gasteiger partial charge in [-0.05, 0) is 31.0 Å². The predicted octanol–water partition coefficient (Wildman–Crippen LogP) is 4.38. The minimum absolute atomic E-state index is 0.406. The van der Waals surface area contributed by atoms with Crippen LogP contribution in [-0.2, 0) is 0 Å². The molecule has 124 valence electrons. The van der Waals surface area contributed by atoms with E-state index in [1.54, 1.807) is 25.3 Å². The molecule has 0 saturated carbocycles. The fraction of sp³-hybridized carbons (Fsp3) is 0.412. The Morgan fingerprint density at radius 3 is 2.43 bits per heavy atom. The second-order valence-electron chi connectivity index (χ2n) is 4.94. The summed E-state index contributed by atoms with van der Waals surface area (Å²) in [6, 6.07) is 7.19. The molecule has 5 nitrogen and oxygen atoms in total. The van der Waals surface area contributed by atoms with Crippen LogP contribution in [0.15, 0.2) is 24.3 Å². The third-order valence-electron chi connectivity index (χ3n) is 3.08. The summed E-state index contributed by atoms with van der Waals surface area (Å²) < 4.78 is 16.6. The zero-order valence-corrected chi connectivity index (χ0v) is 14.4. The molecule has 2 aromatic rings. The first kappa shape index (κ1) is 17.3. The molecule has 0 bridgehead atoms. The van der Waals surface area contributed by atoms with Crippen LogP contribution in [0.3, 0.4) is 0 Å². The van der Waals surface area contributed by atoms with E-state index in [-0.39, 0.29) is 0 Å². The van der Waals surface area contributed by atoms with Gasteiger partial charge in [-0.25, -0.2) is 0 Å². The Bertz CT molecular complexity index is 650. The molecule has 1 aromatic carbocycles. The van der Waals surface area contributed by atoms with Crippen LogP contribution in [0.1, 0.15) is 26.7 Å². The zero-order chi connectivity index (χ0) is 16.7. The van der Waals surface area contributed by atoms with Crippen molar-refractivity contribution in [1.82, 2.24) is 10.2 Å². The lowest BCUT2D eigenvalue weighted by molar-refractivity contribution is 0.256. The van der Waals surface area contributed by atoms with Crippen LogP contribution in [0.2, 0.25) is 5.02 Å². The fourth-order valence-corrected chi connectivity index (χ4v) is 2.15. The molecule has 2 rings (SSSR count). The van der Waals surface area contributed by atoms with Gasteiger partial charge in [0, 0.05) is 11.6 Å². The molecule has 0 aliphatic rings. The summed E-state index contributed by atoms with van der Waals surface area (Å²) in [7, 11) is 1.61. The third-order valence-corrected chi connectivity index (χ3v) is 3.41. The Morgan fingerprint density at radius 1 is 1.00 bits per heavy atom. The number of aromatic nitrogens is 2. The van der Waals surface area contributed by atoms with Crippen LogP contribution in [0, 0.1) is 0 Å². The summed E-state index contributed by atoms with van der Waals surface area (Å²) >= 11 is 6.27. The first-order chi connectivity index (χ1) is 11.2. The molecule has 0 atom stereocenters. The molecule has 0 fully saturated rings. The molecule has 0 amide bonds. The van der Waals surface area contributed by atoms with Gasteiger partial charge in [-0.3, -0.25) is 0 Å². The van der Waals surface area contributed by atoms with Gasteiger partial charge in [-0.2, -0.15) is 0 Å². The molecule has 0 unspecified atom stereocenters. The van der Waals surface area contributed by atoms with E-state index in [0.29, 0.717) is 41.3 Å². The predicted molar refractivity (Wildman–Crippen MR) is 90.6 cm³/mol. The van der Waals surface area contributed by atoms with Crippen molar-refractivity contribution in [3.8, 4) is 28.6 Å². The lowest BCUT2D eigenvalue weighted by Crippen LogP contribution is -2.05. The van der Waals surface area contributed by atoms with Gasteiger partial charge in [0.05, 0.1) is 31.0 Å². The van der Waals surface area contributed by atoms with E-state index in [2.05, 4.69) is 10.2 Å². The first-order valence-corrected chi connectivity index (χ1v) is 8.04. The second kappa shape index (κ2) is 8.58. The summed E-state index contributed by atoms with van der Waals surface area (Å²) in [5.41, 5.74) is 1.35. The molecule has 0 aliphatic heterocycles. The highest BCUT2D eigenvalue weighted by molar-refractivity contribution is 6.33. The largest absolute Gasteiger partial charge is 0.497 e. The highest BCUT2D eigenvalue weighted by Crippen LogP contribution is 2.34. The number of hydrogen-bond donors (Lipinski definition) is 0. The lowest BCUT2D eigenvalue weighted by atomic mass is 10.1. The molecule has 1 aromatic heterocycles. The number of halogens is 1. The monoisotopic (exact) mass is 336 g/mol. The van der Waals surface area contributed by atoms with E-state index in [1.165, 1.54) is 0 Å². The van der Waals surface area contributed by atoms with Crippen LogP contribution < -0.4 is 14.2 Å². The highest BCUT2D eigenvalue weighted by atomic mass is 35.5. The summed E-state index contributed by atoms with van der Waals surface area (Å²) in [4.78, 5) is 0. The van der Waals surface area contributed by atoms with Gasteiger partial charge in [-0.1, -0.05) is 25.4 Å². The Labute approximate surface area is 141 Å². The maximum Gasteiger partial charge on any atom is 0.276 e. The summed E-state index contributed by atoms with van der Waals surface area (Å²) in [6.45, 7) is 5.22. The summed E-state index contributed by atoms with van der Waals surface area (Å²) in [5, 5.41) is 8.93. The van der Waals surface area contributed by atoms with Crippen LogP contribution in [0.25, 0.3) is 11.3 Å². The number of hydrogen-bond acceptors (Lipinski definition) is 5. The molecular weight excluding hydrogens is 316 g/mol. The normalized spacial score (nSPS) is 10.4. The van der Waals surface area contributed by atoms with Gasteiger partial charge >= 0.3 is 0 Å². The van der Waals surface area contributed by atoms with Gasteiger partial charge in [0.1, 0.15) is 5.75 Å². The number of rotatable bonds is 8. The quantitative estimate of drug-likeness (QED) is 0.715. The maximum absolute atomic E-state index is 6.27. The summed E-state index contributed by atoms with van der Waals surface area (Å²) in [5.74, 6) is 1.68. The molecular formula is C17H21ClN2O3. The average molecular weight is 337 g/mol. The Balaban J connectivity index is 2.39. The van der Waals surface area contributed by atoms with Crippen molar-refractivity contribution in [1.29, 1.82) is 0 Å². The molecule has 1 heterocycles. The Kier molecular flexibility index (Phi) is 6.47. The minimum atomic E-state index is 0.406. The van der Waals surface area contributed by atoms with Crippen molar-refractivity contribution < 1.29 is 14.2 Å². The third kappa shape index (κ3) is 4.48. The molecule has 0 radical (unpaired) electrons. The van der Waals surface area contributed by atoms with Gasteiger partial charge in [0.15, 0.2) is 5.75 Å². The van der Waals surface area contributed by atoms with Gasteiger partial charge in [0.2, 0.25) is 0 Å². The summed E-state index contributed by atoms with van der Waals surface area (Å²) in [6.07, 6.45) is 1.78. The van der Waals surface area contributed by atoms with Crippen LogP contribution in [0.5, 0.6) is 17.4 Å². The first-order valence-electron chi connectivity index (χ1n) is 7.66. The van der Waals surface area contributed by atoms with Gasteiger partial charge in [0.25, 0.3) is 5.88 Å². The van der Waals surface area contributed by atoms with Gasteiger partial charge < -0.3 is 14.2 Å². The van der Waals surface area contributed by atoms with Crippen molar-refractivity contribution in [2.24, 2.45) is 0 Å². The van der Waals surface area contributed by atoms with Gasteiger partial charge in [-0.15, -0.1) is 10.2 Å². The molecule has 0 spiro atoms. The molecule has 0 aliphatic carbocycles. The van der Waals surface area contributed by atoms with E-state index in [0.717, 1.165) is 18.4 Å². The van der Waals surface area contributed by atoms with E-state index < -0.39 is 0 Å². The molecule has 23 heavy (non-hydrogen) atoms. The van der Waals surface area contributed by atoms with Crippen LogP contribution in [-0.4, -0.2) is 30.5 Å². The SMILES string of the molecule is CCCOc1cc(-c2cc(OC)ccc2Cl)nnc1OCCC. The topological polar surface area (TPSA) is 53.5 Å². The number of benzene rings is 1. The maximum atomic E-state index is 6.27. The van der Waals surface area contributed by atoms with Crippen LogP contribution >= 0.6 is 11.6 Å². The van der Waals surface area contributed by atoms with Crippen molar-refractivity contribution in [3.05, 3.63) is 29.3 Å². The van der Waals surface area contributed by atoms with E-state index >= 15 is 0 Å². The Morgan fingerprint density at radius 2 is 1.74 bits per heavy atom. The van der Waals surface area contributed by atoms with Crippen molar-refractivity contribution >= 4 is 11.6 Å². The smallest absolute Gasteiger partial charge is 0.276 e. The lowest BCUT2D eigenvalue weighted by Gasteiger charge is -2.12. The van der Waals surface area contributed by atoms with Crippen molar-refractivity contribution in [2.75, 3.05) is 20.3 Å². The van der Waals surface area contributed by atoms with E-state index in [4.69, 9.17) is 25.8 Å². The number of nitrogens with zero attached hydrogens (tertiary/aromatic N) is 2. The standard InChI is InChI=1S/C17H21ClN2O3/c1-4-8-22-16-11-15(19-20-17(16)23-9-5-2)13-10-12(21-3)6-7-14(13)18/h6-7,10-11H,4-5,8-9H2,1-3H3. The van der Waals surface area contributed by atoms with Crippen molar-refractivity contribution in [3.63, 3.8) is 0 Å². The number of methoxy groups -OCH3 is 1.